The molecule has 1 aliphatic rings. The van der Waals surface area contributed by atoms with Crippen molar-refractivity contribution in [2.75, 3.05) is 11.9 Å². The van der Waals surface area contributed by atoms with Gasteiger partial charge in [-0.15, -0.1) is 17.9 Å². The van der Waals surface area contributed by atoms with Gasteiger partial charge in [0.05, 0.1) is 10.4 Å². The third kappa shape index (κ3) is 6.89. The lowest BCUT2D eigenvalue weighted by atomic mass is 10.1. The Hall–Kier alpha value is -2.21. The van der Waals surface area contributed by atoms with E-state index in [1.54, 1.807) is 28.5 Å². The molecule has 0 amide bonds. The Morgan fingerprint density at radius 1 is 1.15 bits per heavy atom. The Morgan fingerprint density at radius 2 is 1.82 bits per heavy atom. The molecule has 0 spiro atoms. The quantitative estimate of drug-likeness (QED) is 0.326. The highest BCUT2D eigenvalue weighted by Gasteiger charge is 2.25. The topological polar surface area (TPSA) is 25.2 Å². The van der Waals surface area contributed by atoms with Crippen LogP contribution in [-0.4, -0.2) is 11.6 Å². The molecule has 0 N–H and O–H groups in total. The molecule has 178 valence electrons. The third-order valence-electron chi connectivity index (χ3n) is 4.48. The van der Waals surface area contributed by atoms with Crippen LogP contribution >= 0.6 is 34.7 Å². The summed E-state index contributed by atoms with van der Waals surface area (Å²) in [5.74, 6) is 0. The summed E-state index contributed by atoms with van der Waals surface area (Å²) in [6.45, 7) is 20.1. The lowest BCUT2D eigenvalue weighted by Gasteiger charge is -2.12. The summed E-state index contributed by atoms with van der Waals surface area (Å²) in [6.07, 6.45) is 9.46. The molecule has 6 heteroatoms. The largest absolute Gasteiger partial charge is 0.337 e. The van der Waals surface area contributed by atoms with Crippen molar-refractivity contribution < 1.29 is 0 Å². The van der Waals surface area contributed by atoms with E-state index in [-0.39, 0.29) is 5.56 Å². The van der Waals surface area contributed by atoms with Gasteiger partial charge in [-0.05, 0) is 43.7 Å². The van der Waals surface area contributed by atoms with Crippen LogP contribution in [0.2, 0.25) is 5.02 Å². The minimum atomic E-state index is -0.00444. The molecular formula is C27H35ClN2OS2. The van der Waals surface area contributed by atoms with Crippen molar-refractivity contribution in [1.29, 1.82) is 0 Å². The van der Waals surface area contributed by atoms with Crippen LogP contribution in [0.4, 0.5) is 5.69 Å². The second-order valence-corrected chi connectivity index (χ2v) is 9.24. The van der Waals surface area contributed by atoms with Gasteiger partial charge in [-0.2, -0.15) is 0 Å². The summed E-state index contributed by atoms with van der Waals surface area (Å²) in [5, 5.41) is 1.61. The molecule has 1 aromatic carbocycles. The van der Waals surface area contributed by atoms with Gasteiger partial charge in [-0.3, -0.25) is 9.36 Å². The van der Waals surface area contributed by atoms with Crippen molar-refractivity contribution in [3.63, 3.8) is 0 Å². The number of rotatable bonds is 5. The number of aromatic nitrogens is 1. The molecule has 0 radical (unpaired) electrons. The molecule has 0 aliphatic carbocycles. The number of thiazole rings is 1. The van der Waals surface area contributed by atoms with Crippen LogP contribution in [0.1, 0.15) is 41.5 Å². The molecule has 0 bridgehead atoms. The molecule has 0 saturated carbocycles. The molecule has 0 unspecified atom stereocenters. The highest BCUT2D eigenvalue weighted by molar-refractivity contribution is 8.08. The van der Waals surface area contributed by atoms with E-state index in [1.807, 2.05) is 70.0 Å². The molecule has 3 rings (SSSR count). The number of halogens is 1. The molecule has 3 nitrogen and oxygen atoms in total. The van der Waals surface area contributed by atoms with Crippen LogP contribution < -0.4 is 19.7 Å². The minimum Gasteiger partial charge on any atom is -0.337 e. The van der Waals surface area contributed by atoms with E-state index in [0.717, 1.165) is 36.0 Å². The summed E-state index contributed by atoms with van der Waals surface area (Å²) in [7, 11) is 1.97. The molecule has 0 saturated heterocycles. The highest BCUT2D eigenvalue weighted by Crippen LogP contribution is 2.46. The molecule has 1 aliphatic heterocycles. The normalized spacial score (nSPS) is 14.2. The summed E-state index contributed by atoms with van der Waals surface area (Å²) < 4.78 is 3.39. The second-order valence-electron chi connectivity index (χ2n) is 6.75. The first-order chi connectivity index (χ1) is 15.9. The zero-order valence-corrected chi connectivity index (χ0v) is 23.1. The van der Waals surface area contributed by atoms with Crippen LogP contribution in [0.25, 0.3) is 11.1 Å². The van der Waals surface area contributed by atoms with Gasteiger partial charge in [0.2, 0.25) is 0 Å². The lowest BCUT2D eigenvalue weighted by molar-refractivity contribution is 0.776. The molecule has 2 heterocycles. The van der Waals surface area contributed by atoms with Crippen molar-refractivity contribution in [2.24, 2.45) is 0 Å². The molecule has 1 aromatic heterocycles. The fourth-order valence-corrected chi connectivity index (χ4v) is 5.51. The summed E-state index contributed by atoms with van der Waals surface area (Å²) in [4.78, 5) is 16.4. The first kappa shape index (κ1) is 28.8. The fourth-order valence-electron chi connectivity index (χ4n) is 2.95. The Balaban J connectivity index is 0.00000129. The summed E-state index contributed by atoms with van der Waals surface area (Å²) in [5.41, 5.74) is 3.24. The Kier molecular flexibility index (Phi) is 12.3. The molecule has 33 heavy (non-hydrogen) atoms. The van der Waals surface area contributed by atoms with Gasteiger partial charge in [0, 0.05) is 23.5 Å². The monoisotopic (exact) mass is 502 g/mol. The maximum atomic E-state index is 13.3. The molecule has 0 atom stereocenters. The van der Waals surface area contributed by atoms with Crippen molar-refractivity contribution in [3.05, 3.63) is 91.4 Å². The number of fused-ring (bicyclic) bond motifs is 1. The number of benzene rings is 1. The average molecular weight is 503 g/mol. The van der Waals surface area contributed by atoms with E-state index in [4.69, 9.17) is 11.6 Å². The SMILES string of the molecule is C=C/C=C\C(/C=c1\s/c(=C2/Sc3ccc(Cl)cc3N2C)c(=O)n1CC=C)=C(C)C.CC.CC. The van der Waals surface area contributed by atoms with Gasteiger partial charge >= 0.3 is 0 Å². The van der Waals surface area contributed by atoms with Gasteiger partial charge in [0.1, 0.15) is 9.56 Å². The van der Waals surface area contributed by atoms with Crippen molar-refractivity contribution in [1.82, 2.24) is 4.57 Å². The van der Waals surface area contributed by atoms with Crippen molar-refractivity contribution >= 4 is 51.5 Å². The van der Waals surface area contributed by atoms with Crippen LogP contribution in [-0.2, 0) is 6.54 Å². The van der Waals surface area contributed by atoms with Crippen LogP contribution in [0.3, 0.4) is 0 Å². The van der Waals surface area contributed by atoms with Crippen molar-refractivity contribution in [3.8, 4) is 0 Å². The predicted octanol–water partition coefficient (Wildman–Crippen LogP) is 6.97. The number of anilines is 1. The van der Waals surface area contributed by atoms with E-state index < -0.39 is 0 Å². The number of thioether (sulfide) groups is 1. The Bertz CT molecular complexity index is 1210. The smallest absolute Gasteiger partial charge is 0.272 e. The van der Waals surface area contributed by atoms with Crippen LogP contribution in [0, 0.1) is 0 Å². The van der Waals surface area contributed by atoms with E-state index >= 15 is 0 Å². The maximum Gasteiger partial charge on any atom is 0.272 e. The van der Waals surface area contributed by atoms with Gasteiger partial charge in [-0.1, -0.05) is 87.5 Å². The Labute approximate surface area is 211 Å². The van der Waals surface area contributed by atoms with E-state index in [0.29, 0.717) is 11.6 Å². The summed E-state index contributed by atoms with van der Waals surface area (Å²) in [6, 6.07) is 5.80. The standard InChI is InChI=1S/C23H23ClN2OS2.2C2H6/c1-6-8-9-16(15(3)4)13-20-26(12-7-2)22(27)21(29-20)23-25(5)18-14-17(24)10-11-19(18)28-23;2*1-2/h6-11,13-14H,1-2,12H2,3-5H3;2*1-2H3/b9-8-,20-13-,23-21+;;. The minimum absolute atomic E-state index is 0.00444. The van der Waals surface area contributed by atoms with Gasteiger partial charge in [0.15, 0.2) is 0 Å². The number of nitrogens with zero attached hydrogens (tertiary/aromatic N) is 2. The first-order valence-corrected chi connectivity index (χ1v) is 13.1. The second kappa shape index (κ2) is 14.1. The van der Waals surface area contributed by atoms with Crippen LogP contribution in [0.5, 0.6) is 0 Å². The number of hydrogen-bond acceptors (Lipinski definition) is 4. The zero-order chi connectivity index (χ0) is 25.1. The number of allylic oxidation sites excluding steroid dienone is 6. The number of hydrogen-bond donors (Lipinski definition) is 0. The van der Waals surface area contributed by atoms with E-state index in [9.17, 15) is 4.79 Å². The van der Waals surface area contributed by atoms with Crippen molar-refractivity contribution in [2.45, 2.75) is 53.0 Å². The lowest BCUT2D eigenvalue weighted by Crippen LogP contribution is -2.33. The molecule has 0 fully saturated rings. The van der Waals surface area contributed by atoms with E-state index in [1.165, 1.54) is 11.3 Å². The Morgan fingerprint density at radius 3 is 2.39 bits per heavy atom. The van der Waals surface area contributed by atoms with Crippen LogP contribution in [0.15, 0.2) is 76.5 Å². The third-order valence-corrected chi connectivity index (χ3v) is 7.20. The molecular weight excluding hydrogens is 468 g/mol. The van der Waals surface area contributed by atoms with Gasteiger partial charge < -0.3 is 4.90 Å². The summed E-state index contributed by atoms with van der Waals surface area (Å²) >= 11 is 9.27. The van der Waals surface area contributed by atoms with Gasteiger partial charge in [-0.25, -0.2) is 0 Å². The molecule has 2 aromatic rings. The average Bonchev–Trinajstić information content (AvgIpc) is 3.30. The fraction of sp³-hybridized carbons (Fsp3) is 0.296. The van der Waals surface area contributed by atoms with Gasteiger partial charge in [0.25, 0.3) is 5.56 Å². The zero-order valence-electron chi connectivity index (χ0n) is 20.7. The highest BCUT2D eigenvalue weighted by atomic mass is 35.5. The first-order valence-electron chi connectivity index (χ1n) is 11.1. The van der Waals surface area contributed by atoms with E-state index in [2.05, 4.69) is 33.1 Å². The predicted molar refractivity (Wildman–Crippen MR) is 152 cm³/mol. The maximum absolute atomic E-state index is 13.3.